The fraction of sp³-hybridized carbons (Fsp3) is 0.529. The third-order valence-corrected chi connectivity index (χ3v) is 3.84. The van der Waals surface area contributed by atoms with Gasteiger partial charge in [0.25, 0.3) is 0 Å². The van der Waals surface area contributed by atoms with Crippen molar-refractivity contribution in [3.05, 3.63) is 35.4 Å². The second-order valence-corrected chi connectivity index (χ2v) is 6.78. The van der Waals surface area contributed by atoms with E-state index in [0.29, 0.717) is 13.0 Å². The molecule has 1 N–H and O–H groups in total. The molecule has 0 aliphatic carbocycles. The molecule has 1 amide bonds. The van der Waals surface area contributed by atoms with Crippen molar-refractivity contribution in [3.63, 3.8) is 0 Å². The number of nitrogens with zero attached hydrogens (tertiary/aromatic N) is 1. The Morgan fingerprint density at radius 2 is 1.91 bits per heavy atom. The number of benzene rings is 1. The van der Waals surface area contributed by atoms with Gasteiger partial charge in [-0.15, -0.1) is 0 Å². The van der Waals surface area contributed by atoms with E-state index >= 15 is 0 Å². The third-order valence-electron chi connectivity index (χ3n) is 3.84. The van der Waals surface area contributed by atoms with E-state index in [1.807, 2.05) is 31.2 Å². The van der Waals surface area contributed by atoms with Crippen LogP contribution in [0.25, 0.3) is 0 Å². The van der Waals surface area contributed by atoms with E-state index in [1.165, 1.54) is 4.90 Å². The van der Waals surface area contributed by atoms with Crippen LogP contribution in [0.1, 0.15) is 44.2 Å². The Morgan fingerprint density at radius 3 is 2.45 bits per heavy atom. The highest BCUT2D eigenvalue weighted by atomic mass is 16.6. The monoisotopic (exact) mass is 305 g/mol. The Kier molecular flexibility index (Phi) is 4.44. The van der Waals surface area contributed by atoms with Crippen LogP contribution in [0.3, 0.4) is 0 Å². The average Bonchev–Trinajstić information content (AvgIpc) is 2.82. The minimum Gasteiger partial charge on any atom is -0.480 e. The first-order valence-electron chi connectivity index (χ1n) is 7.47. The molecule has 1 aromatic rings. The highest BCUT2D eigenvalue weighted by Gasteiger charge is 2.42. The molecule has 1 aliphatic heterocycles. The van der Waals surface area contributed by atoms with Crippen LogP contribution >= 0.6 is 0 Å². The Bertz CT molecular complexity index is 576. The molecule has 2 atom stereocenters. The van der Waals surface area contributed by atoms with Crippen LogP contribution in [0.5, 0.6) is 0 Å². The van der Waals surface area contributed by atoms with Gasteiger partial charge in [-0.25, -0.2) is 9.59 Å². The summed E-state index contributed by atoms with van der Waals surface area (Å²) in [5.74, 6) is -0.961. The number of carboxylic acids is 1. The second kappa shape index (κ2) is 5.99. The average molecular weight is 305 g/mol. The largest absolute Gasteiger partial charge is 0.480 e. The molecule has 1 fully saturated rings. The molecule has 5 nitrogen and oxygen atoms in total. The number of likely N-dealkylation sites (tertiary alicyclic amines) is 1. The predicted molar refractivity (Wildman–Crippen MR) is 82.9 cm³/mol. The Balaban J connectivity index is 2.22. The lowest BCUT2D eigenvalue weighted by Crippen LogP contribution is -2.43. The van der Waals surface area contributed by atoms with Crippen LogP contribution < -0.4 is 0 Å². The third kappa shape index (κ3) is 3.59. The minimum atomic E-state index is -0.984. The standard InChI is InChI=1S/C17H23NO4/c1-11-7-5-6-8-13(11)12-9-14(15(19)20)18(10-12)16(21)22-17(2,3)4/h5-8,12,14H,9-10H2,1-4H3,(H,19,20)/t12-,14-/m0/s1. The van der Waals surface area contributed by atoms with Crippen molar-refractivity contribution < 1.29 is 19.4 Å². The summed E-state index contributed by atoms with van der Waals surface area (Å²) in [5.41, 5.74) is 1.57. The smallest absolute Gasteiger partial charge is 0.411 e. The predicted octanol–water partition coefficient (Wildman–Crippen LogP) is 3.17. The molecule has 2 rings (SSSR count). The van der Waals surface area contributed by atoms with Gasteiger partial charge in [-0.2, -0.15) is 0 Å². The minimum absolute atomic E-state index is 0.0230. The number of ether oxygens (including phenoxy) is 1. The Hall–Kier alpha value is -2.04. The van der Waals surface area contributed by atoms with E-state index in [2.05, 4.69) is 0 Å². The molecule has 120 valence electrons. The highest BCUT2D eigenvalue weighted by Crippen LogP contribution is 2.34. The van der Waals surface area contributed by atoms with Crippen molar-refractivity contribution in [2.45, 2.75) is 51.7 Å². The van der Waals surface area contributed by atoms with Crippen molar-refractivity contribution in [3.8, 4) is 0 Å². The van der Waals surface area contributed by atoms with Crippen molar-refractivity contribution in [1.29, 1.82) is 0 Å². The van der Waals surface area contributed by atoms with Crippen LogP contribution in [-0.4, -0.2) is 40.3 Å². The van der Waals surface area contributed by atoms with Crippen LogP contribution in [0, 0.1) is 6.92 Å². The molecule has 0 saturated carbocycles. The molecule has 22 heavy (non-hydrogen) atoms. The first-order valence-corrected chi connectivity index (χ1v) is 7.47. The van der Waals surface area contributed by atoms with Crippen LogP contribution in [0.2, 0.25) is 0 Å². The van der Waals surface area contributed by atoms with Gasteiger partial charge in [-0.3, -0.25) is 4.90 Å². The maximum absolute atomic E-state index is 12.3. The number of carboxylic acid groups (broad SMARTS) is 1. The molecule has 5 heteroatoms. The van der Waals surface area contributed by atoms with Crippen molar-refractivity contribution in [1.82, 2.24) is 4.90 Å². The maximum Gasteiger partial charge on any atom is 0.411 e. The first kappa shape index (κ1) is 16.3. The number of hydrogen-bond acceptors (Lipinski definition) is 3. The van der Waals surface area contributed by atoms with Gasteiger partial charge in [0.1, 0.15) is 11.6 Å². The quantitative estimate of drug-likeness (QED) is 0.911. The number of rotatable bonds is 2. The lowest BCUT2D eigenvalue weighted by molar-refractivity contribution is -0.142. The van der Waals surface area contributed by atoms with E-state index < -0.39 is 23.7 Å². The molecule has 1 heterocycles. The Labute approximate surface area is 130 Å². The van der Waals surface area contributed by atoms with E-state index in [-0.39, 0.29) is 5.92 Å². The Morgan fingerprint density at radius 1 is 1.27 bits per heavy atom. The molecule has 1 aliphatic rings. The number of amides is 1. The summed E-state index contributed by atoms with van der Waals surface area (Å²) in [6.45, 7) is 7.69. The number of aliphatic carboxylic acids is 1. The molecular formula is C17H23NO4. The number of hydrogen-bond donors (Lipinski definition) is 1. The summed E-state index contributed by atoms with van der Waals surface area (Å²) < 4.78 is 5.34. The van der Waals surface area contributed by atoms with E-state index in [0.717, 1.165) is 11.1 Å². The van der Waals surface area contributed by atoms with Gasteiger partial charge in [0, 0.05) is 12.5 Å². The topological polar surface area (TPSA) is 66.8 Å². The van der Waals surface area contributed by atoms with Gasteiger partial charge < -0.3 is 9.84 Å². The number of carbonyl (C=O) groups is 2. The summed E-state index contributed by atoms with van der Waals surface area (Å²) >= 11 is 0. The van der Waals surface area contributed by atoms with E-state index in [1.54, 1.807) is 20.8 Å². The molecule has 0 spiro atoms. The summed E-state index contributed by atoms with van der Waals surface area (Å²) in [4.78, 5) is 25.1. The lowest BCUT2D eigenvalue weighted by atomic mass is 9.93. The van der Waals surface area contributed by atoms with E-state index in [4.69, 9.17) is 4.74 Å². The summed E-state index contributed by atoms with van der Waals surface area (Å²) in [6.07, 6.45) is -0.143. The second-order valence-electron chi connectivity index (χ2n) is 6.78. The van der Waals surface area contributed by atoms with Crippen molar-refractivity contribution in [2.75, 3.05) is 6.54 Å². The zero-order valence-electron chi connectivity index (χ0n) is 13.5. The molecular weight excluding hydrogens is 282 g/mol. The fourth-order valence-corrected chi connectivity index (χ4v) is 2.86. The summed E-state index contributed by atoms with van der Waals surface area (Å²) in [7, 11) is 0. The molecule has 1 aromatic carbocycles. The van der Waals surface area contributed by atoms with Gasteiger partial charge in [0.05, 0.1) is 0 Å². The van der Waals surface area contributed by atoms with Gasteiger partial charge >= 0.3 is 12.1 Å². The van der Waals surface area contributed by atoms with Crippen LogP contribution in [0.4, 0.5) is 4.79 Å². The van der Waals surface area contributed by atoms with E-state index in [9.17, 15) is 14.7 Å². The number of carbonyl (C=O) groups excluding carboxylic acids is 1. The van der Waals surface area contributed by atoms with Crippen LogP contribution in [-0.2, 0) is 9.53 Å². The molecule has 0 aromatic heterocycles. The normalized spacial score (nSPS) is 21.7. The van der Waals surface area contributed by atoms with Gasteiger partial charge in [-0.1, -0.05) is 24.3 Å². The van der Waals surface area contributed by atoms with Gasteiger partial charge in [0.2, 0.25) is 0 Å². The maximum atomic E-state index is 12.3. The van der Waals surface area contributed by atoms with Crippen molar-refractivity contribution >= 4 is 12.1 Å². The lowest BCUT2D eigenvalue weighted by Gasteiger charge is -2.26. The zero-order valence-corrected chi connectivity index (χ0v) is 13.5. The SMILES string of the molecule is Cc1ccccc1[C@H]1C[C@@H](C(=O)O)N(C(=O)OC(C)(C)C)C1. The highest BCUT2D eigenvalue weighted by molar-refractivity contribution is 5.81. The molecule has 1 saturated heterocycles. The number of aryl methyl sites for hydroxylation is 1. The molecule has 0 radical (unpaired) electrons. The molecule has 0 unspecified atom stereocenters. The summed E-state index contributed by atoms with van der Waals surface area (Å²) in [5, 5.41) is 9.42. The zero-order chi connectivity index (χ0) is 16.5. The summed E-state index contributed by atoms with van der Waals surface area (Å²) in [6, 6.07) is 7.06. The fourth-order valence-electron chi connectivity index (χ4n) is 2.86. The van der Waals surface area contributed by atoms with Gasteiger partial charge in [0.15, 0.2) is 0 Å². The molecule has 0 bridgehead atoms. The van der Waals surface area contributed by atoms with Crippen molar-refractivity contribution in [2.24, 2.45) is 0 Å². The van der Waals surface area contributed by atoms with Gasteiger partial charge in [-0.05, 0) is 45.2 Å². The van der Waals surface area contributed by atoms with Crippen LogP contribution in [0.15, 0.2) is 24.3 Å². The first-order chi connectivity index (χ1) is 10.2.